The Morgan fingerprint density at radius 1 is 1.21 bits per heavy atom. The zero-order chi connectivity index (χ0) is 16.9. The lowest BCUT2D eigenvalue weighted by Gasteiger charge is -2.11. The van der Waals surface area contributed by atoms with E-state index in [0.29, 0.717) is 27.3 Å². The summed E-state index contributed by atoms with van der Waals surface area (Å²) in [6.45, 7) is 0.446. The zero-order valence-electron chi connectivity index (χ0n) is 12.9. The van der Waals surface area contributed by atoms with Crippen LogP contribution in [0.2, 0.25) is 0 Å². The number of thiocarbonyl (C=S) groups is 1. The number of carbonyl (C=O) groups is 1. The van der Waals surface area contributed by atoms with E-state index in [0.717, 1.165) is 11.1 Å². The molecule has 1 aliphatic rings. The minimum absolute atomic E-state index is 0.193. The summed E-state index contributed by atoms with van der Waals surface area (Å²) in [7, 11) is 1.60. The van der Waals surface area contributed by atoms with Gasteiger partial charge < -0.3 is 14.8 Å². The molecule has 3 rings (SSSR count). The highest BCUT2D eigenvalue weighted by Crippen LogP contribution is 2.31. The highest BCUT2D eigenvalue weighted by molar-refractivity contribution is 8.26. The first-order chi connectivity index (χ1) is 11.7. The summed E-state index contributed by atoms with van der Waals surface area (Å²) < 4.78 is 11.6. The quantitative estimate of drug-likeness (QED) is 0.652. The molecule has 0 saturated carbocycles. The van der Waals surface area contributed by atoms with E-state index in [1.54, 1.807) is 13.2 Å². The molecule has 1 saturated heterocycles. The average Bonchev–Trinajstić information content (AvgIpc) is 2.92. The average molecular weight is 357 g/mol. The molecular weight excluding hydrogens is 342 g/mol. The van der Waals surface area contributed by atoms with Gasteiger partial charge in [-0.2, -0.15) is 0 Å². The molecule has 122 valence electrons. The molecule has 0 spiro atoms. The number of carbonyl (C=O) groups excluding carboxylic acids is 1. The van der Waals surface area contributed by atoms with Crippen molar-refractivity contribution in [1.29, 1.82) is 0 Å². The Morgan fingerprint density at radius 2 is 2.00 bits per heavy atom. The zero-order valence-corrected chi connectivity index (χ0v) is 14.6. The van der Waals surface area contributed by atoms with Crippen molar-refractivity contribution in [1.82, 2.24) is 5.32 Å². The van der Waals surface area contributed by atoms with Gasteiger partial charge in [0.05, 0.1) is 12.0 Å². The number of amides is 1. The summed E-state index contributed by atoms with van der Waals surface area (Å²) in [6.07, 6.45) is 1.77. The Balaban J connectivity index is 1.87. The smallest absolute Gasteiger partial charge is 0.263 e. The number of rotatable bonds is 5. The summed E-state index contributed by atoms with van der Waals surface area (Å²) in [4.78, 5) is 12.4. The van der Waals surface area contributed by atoms with Gasteiger partial charge in [-0.25, -0.2) is 0 Å². The monoisotopic (exact) mass is 357 g/mol. The van der Waals surface area contributed by atoms with Crippen molar-refractivity contribution in [3.63, 3.8) is 0 Å². The molecule has 0 aromatic heterocycles. The lowest BCUT2D eigenvalue weighted by molar-refractivity contribution is -0.115. The Kier molecular flexibility index (Phi) is 5.17. The molecule has 1 N–H and O–H groups in total. The van der Waals surface area contributed by atoms with Gasteiger partial charge in [-0.15, -0.1) is 0 Å². The third-order valence-corrected chi connectivity index (χ3v) is 4.55. The Labute approximate surface area is 149 Å². The third-order valence-electron chi connectivity index (χ3n) is 3.38. The van der Waals surface area contributed by atoms with Gasteiger partial charge in [-0.05, 0) is 29.8 Å². The largest absolute Gasteiger partial charge is 0.497 e. The summed E-state index contributed by atoms with van der Waals surface area (Å²) in [5, 5.41) is 2.61. The highest BCUT2D eigenvalue weighted by atomic mass is 32.2. The fourth-order valence-corrected chi connectivity index (χ4v) is 3.23. The number of ether oxygens (including phenoxy) is 2. The molecule has 1 amide bonds. The normalized spacial score (nSPS) is 15.5. The molecule has 0 bridgehead atoms. The summed E-state index contributed by atoms with van der Waals surface area (Å²) in [5.41, 5.74) is 1.84. The van der Waals surface area contributed by atoms with Crippen molar-refractivity contribution in [3.8, 4) is 11.5 Å². The van der Waals surface area contributed by atoms with Crippen LogP contribution < -0.4 is 14.8 Å². The maximum absolute atomic E-state index is 11.9. The van der Waals surface area contributed by atoms with Gasteiger partial charge in [0, 0.05) is 5.56 Å². The van der Waals surface area contributed by atoms with Crippen LogP contribution in [-0.2, 0) is 11.4 Å². The fraction of sp³-hybridized carbons (Fsp3) is 0.111. The van der Waals surface area contributed by atoms with E-state index < -0.39 is 0 Å². The molecule has 1 fully saturated rings. The number of hydrogen-bond donors (Lipinski definition) is 1. The fourth-order valence-electron chi connectivity index (χ4n) is 2.20. The van der Waals surface area contributed by atoms with E-state index in [1.165, 1.54) is 11.8 Å². The molecule has 6 heteroatoms. The van der Waals surface area contributed by atoms with E-state index in [-0.39, 0.29) is 5.91 Å². The maximum atomic E-state index is 11.9. The van der Waals surface area contributed by atoms with Crippen LogP contribution in [0, 0.1) is 0 Å². The van der Waals surface area contributed by atoms with Crippen molar-refractivity contribution in [2.45, 2.75) is 6.61 Å². The first-order valence-electron chi connectivity index (χ1n) is 7.25. The van der Waals surface area contributed by atoms with E-state index >= 15 is 0 Å². The van der Waals surface area contributed by atoms with Crippen LogP contribution in [0.4, 0.5) is 0 Å². The predicted octanol–water partition coefficient (Wildman–Crippen LogP) is 3.76. The van der Waals surface area contributed by atoms with Crippen molar-refractivity contribution in [2.75, 3.05) is 7.11 Å². The molecule has 0 aliphatic carbocycles. The van der Waals surface area contributed by atoms with Gasteiger partial charge in [0.15, 0.2) is 0 Å². The summed E-state index contributed by atoms with van der Waals surface area (Å²) >= 11 is 6.26. The van der Waals surface area contributed by atoms with Crippen LogP contribution in [0.1, 0.15) is 11.1 Å². The maximum Gasteiger partial charge on any atom is 0.263 e. The summed E-state index contributed by atoms with van der Waals surface area (Å²) in [5.74, 6) is 1.18. The van der Waals surface area contributed by atoms with Crippen molar-refractivity contribution < 1.29 is 14.3 Å². The van der Waals surface area contributed by atoms with E-state index in [9.17, 15) is 4.79 Å². The molecule has 0 unspecified atom stereocenters. The number of benzene rings is 2. The van der Waals surface area contributed by atoms with Gasteiger partial charge in [-0.1, -0.05) is 54.3 Å². The first-order valence-corrected chi connectivity index (χ1v) is 8.48. The van der Waals surface area contributed by atoms with Crippen LogP contribution in [0.25, 0.3) is 6.08 Å². The number of thioether (sulfide) groups is 1. The molecule has 1 aliphatic heterocycles. The highest BCUT2D eigenvalue weighted by Gasteiger charge is 2.22. The van der Waals surface area contributed by atoms with Crippen LogP contribution in [0.3, 0.4) is 0 Å². The molecule has 24 heavy (non-hydrogen) atoms. The third kappa shape index (κ3) is 3.96. The minimum atomic E-state index is -0.193. The van der Waals surface area contributed by atoms with Gasteiger partial charge >= 0.3 is 0 Å². The van der Waals surface area contributed by atoms with Crippen molar-refractivity contribution in [2.24, 2.45) is 0 Å². The minimum Gasteiger partial charge on any atom is -0.497 e. The van der Waals surface area contributed by atoms with E-state index in [4.69, 9.17) is 21.7 Å². The lowest BCUT2D eigenvalue weighted by Crippen LogP contribution is -2.17. The van der Waals surface area contributed by atoms with Crippen LogP contribution >= 0.6 is 24.0 Å². The van der Waals surface area contributed by atoms with Crippen LogP contribution in [0.5, 0.6) is 11.5 Å². The number of nitrogens with one attached hydrogen (secondary N) is 1. The Hall–Kier alpha value is -2.31. The van der Waals surface area contributed by atoms with E-state index in [2.05, 4.69) is 5.32 Å². The molecule has 2 aromatic rings. The van der Waals surface area contributed by atoms with Gasteiger partial charge in [0.25, 0.3) is 5.91 Å². The first kappa shape index (κ1) is 16.5. The van der Waals surface area contributed by atoms with Crippen molar-refractivity contribution in [3.05, 3.63) is 64.6 Å². The van der Waals surface area contributed by atoms with Crippen molar-refractivity contribution >= 4 is 40.3 Å². The molecule has 4 nitrogen and oxygen atoms in total. The second-order valence-corrected chi connectivity index (χ2v) is 6.75. The predicted molar refractivity (Wildman–Crippen MR) is 100 cm³/mol. The summed E-state index contributed by atoms with van der Waals surface area (Å²) in [6, 6.07) is 15.4. The molecular formula is C18H15NO3S2. The van der Waals surface area contributed by atoms with Gasteiger partial charge in [0.2, 0.25) is 0 Å². The standard InChI is InChI=1S/C18H15NO3S2/c1-21-14-7-8-15(22-11-12-5-3-2-4-6-12)13(9-14)10-16-17(20)19-18(23)24-16/h2-10H,11H2,1H3,(H,19,20,23). The van der Waals surface area contributed by atoms with Gasteiger partial charge in [0.1, 0.15) is 22.4 Å². The molecule has 1 heterocycles. The van der Waals surface area contributed by atoms with E-state index in [1.807, 2.05) is 48.5 Å². The SMILES string of the molecule is COc1ccc(OCc2ccccc2)c(C=C2SC(=S)NC2=O)c1. The lowest BCUT2D eigenvalue weighted by atomic mass is 10.1. The topological polar surface area (TPSA) is 47.6 Å². The second-order valence-electron chi connectivity index (χ2n) is 5.03. The second kappa shape index (κ2) is 7.51. The number of methoxy groups -OCH3 is 1. The van der Waals surface area contributed by atoms with Crippen LogP contribution in [-0.4, -0.2) is 17.3 Å². The van der Waals surface area contributed by atoms with Crippen LogP contribution in [0.15, 0.2) is 53.4 Å². The molecule has 0 atom stereocenters. The molecule has 0 radical (unpaired) electrons. The number of hydrogen-bond acceptors (Lipinski definition) is 5. The Morgan fingerprint density at radius 3 is 2.67 bits per heavy atom. The Bertz CT molecular complexity index is 803. The van der Waals surface area contributed by atoms with Gasteiger partial charge in [-0.3, -0.25) is 4.79 Å². The molecule has 2 aromatic carbocycles.